The smallest absolute Gasteiger partial charge is 0.272 e. The van der Waals surface area contributed by atoms with Crippen molar-refractivity contribution in [1.29, 1.82) is 0 Å². The fraction of sp³-hybridized carbons (Fsp3) is 0.389. The highest BCUT2D eigenvalue weighted by atomic mass is 32.1. The molecule has 0 unspecified atom stereocenters. The molecule has 6 nitrogen and oxygen atoms in total. The summed E-state index contributed by atoms with van der Waals surface area (Å²) in [6.07, 6.45) is 0. The highest BCUT2D eigenvalue weighted by molar-refractivity contribution is 7.22. The van der Waals surface area contributed by atoms with E-state index in [9.17, 15) is 4.79 Å². The number of hydrogen-bond donors (Lipinski definition) is 0. The van der Waals surface area contributed by atoms with Gasteiger partial charge in [-0.05, 0) is 32.0 Å². The van der Waals surface area contributed by atoms with Crippen molar-refractivity contribution in [3.63, 3.8) is 0 Å². The molecule has 1 aliphatic heterocycles. The van der Waals surface area contributed by atoms with Crippen LogP contribution in [0.2, 0.25) is 0 Å². The number of nitrogens with zero attached hydrogens (tertiary/aromatic N) is 5. The Morgan fingerprint density at radius 1 is 1.20 bits per heavy atom. The molecular weight excluding hydrogens is 334 g/mol. The van der Waals surface area contributed by atoms with Crippen molar-refractivity contribution in [3.05, 3.63) is 41.7 Å². The van der Waals surface area contributed by atoms with Gasteiger partial charge in [-0.15, -0.1) is 0 Å². The number of rotatable bonds is 3. The number of amides is 1. The van der Waals surface area contributed by atoms with E-state index >= 15 is 0 Å². The number of aryl methyl sites for hydroxylation is 2. The lowest BCUT2D eigenvalue weighted by atomic mass is 10.2. The van der Waals surface area contributed by atoms with Crippen molar-refractivity contribution in [1.82, 2.24) is 19.7 Å². The summed E-state index contributed by atoms with van der Waals surface area (Å²) in [5.41, 5.74) is 2.62. The van der Waals surface area contributed by atoms with Gasteiger partial charge < -0.3 is 9.80 Å². The van der Waals surface area contributed by atoms with Crippen LogP contribution in [0.5, 0.6) is 0 Å². The van der Waals surface area contributed by atoms with Gasteiger partial charge in [0.1, 0.15) is 5.69 Å². The summed E-state index contributed by atoms with van der Waals surface area (Å²) in [6, 6.07) is 10.1. The average molecular weight is 355 g/mol. The van der Waals surface area contributed by atoms with Crippen molar-refractivity contribution in [2.45, 2.75) is 20.4 Å². The van der Waals surface area contributed by atoms with Crippen LogP contribution in [0.4, 0.5) is 5.13 Å². The van der Waals surface area contributed by atoms with Gasteiger partial charge in [0.05, 0.1) is 15.9 Å². The Morgan fingerprint density at radius 3 is 2.68 bits per heavy atom. The van der Waals surface area contributed by atoms with E-state index in [0.717, 1.165) is 29.4 Å². The molecule has 0 saturated carbocycles. The van der Waals surface area contributed by atoms with E-state index in [2.05, 4.69) is 16.1 Å². The van der Waals surface area contributed by atoms with Gasteiger partial charge in [0.15, 0.2) is 5.13 Å². The van der Waals surface area contributed by atoms with E-state index in [-0.39, 0.29) is 5.91 Å². The maximum absolute atomic E-state index is 12.8. The zero-order valence-corrected chi connectivity index (χ0v) is 15.3. The average Bonchev–Trinajstić information content (AvgIpc) is 3.24. The van der Waals surface area contributed by atoms with Crippen molar-refractivity contribution < 1.29 is 4.79 Å². The van der Waals surface area contributed by atoms with E-state index in [1.165, 1.54) is 4.70 Å². The van der Waals surface area contributed by atoms with Crippen LogP contribution in [0.15, 0.2) is 30.3 Å². The summed E-state index contributed by atoms with van der Waals surface area (Å²) in [7, 11) is 0. The number of benzene rings is 1. The van der Waals surface area contributed by atoms with E-state index in [1.54, 1.807) is 16.0 Å². The van der Waals surface area contributed by atoms with Crippen molar-refractivity contribution in [2.75, 3.05) is 31.1 Å². The van der Waals surface area contributed by atoms with Gasteiger partial charge in [-0.2, -0.15) is 5.10 Å². The largest absolute Gasteiger partial charge is 0.345 e. The summed E-state index contributed by atoms with van der Waals surface area (Å²) in [5, 5.41) is 5.43. The number of fused-ring (bicyclic) bond motifs is 1. The van der Waals surface area contributed by atoms with E-state index in [4.69, 9.17) is 4.98 Å². The third-order valence-corrected chi connectivity index (χ3v) is 5.64. The molecule has 0 bridgehead atoms. The maximum Gasteiger partial charge on any atom is 0.272 e. The third-order valence-electron chi connectivity index (χ3n) is 4.54. The van der Waals surface area contributed by atoms with Crippen LogP contribution >= 0.6 is 11.3 Å². The zero-order chi connectivity index (χ0) is 17.4. The van der Waals surface area contributed by atoms with E-state index in [1.807, 2.05) is 43.0 Å². The van der Waals surface area contributed by atoms with Gasteiger partial charge in [-0.25, -0.2) is 4.98 Å². The number of carbonyl (C=O) groups excluding carboxylic acids is 1. The standard InChI is InChI=1S/C18H21N5OS/c1-3-23-15(12-13(2)20-23)17(24)21-8-10-22(11-9-21)18-19-14-6-4-5-7-16(14)25-18/h4-7,12H,3,8-11H2,1-2H3. The Balaban J connectivity index is 1.46. The van der Waals surface area contributed by atoms with Gasteiger partial charge in [-0.3, -0.25) is 9.48 Å². The van der Waals surface area contributed by atoms with Crippen molar-refractivity contribution in [3.8, 4) is 0 Å². The first-order chi connectivity index (χ1) is 12.2. The molecule has 1 fully saturated rings. The topological polar surface area (TPSA) is 54.3 Å². The SMILES string of the molecule is CCn1nc(C)cc1C(=O)N1CCN(c2nc3ccccc3s2)CC1. The normalized spacial score (nSPS) is 15.1. The Bertz CT molecular complexity index is 874. The minimum Gasteiger partial charge on any atom is -0.345 e. The number of para-hydroxylation sites is 1. The molecule has 0 spiro atoms. The fourth-order valence-electron chi connectivity index (χ4n) is 3.22. The maximum atomic E-state index is 12.8. The third kappa shape index (κ3) is 3.00. The molecule has 1 aliphatic rings. The Kier molecular flexibility index (Phi) is 4.17. The first kappa shape index (κ1) is 16.1. The second kappa shape index (κ2) is 6.48. The first-order valence-electron chi connectivity index (χ1n) is 8.60. The summed E-state index contributed by atoms with van der Waals surface area (Å²) in [6.45, 7) is 7.68. The van der Waals surface area contributed by atoms with Gasteiger partial charge in [0.2, 0.25) is 0 Å². The molecular formula is C18H21N5OS. The van der Waals surface area contributed by atoms with Crippen LogP contribution < -0.4 is 4.90 Å². The molecule has 1 saturated heterocycles. The highest BCUT2D eigenvalue weighted by Gasteiger charge is 2.26. The molecule has 130 valence electrons. The first-order valence-corrected chi connectivity index (χ1v) is 9.41. The monoisotopic (exact) mass is 355 g/mol. The van der Waals surface area contributed by atoms with E-state index in [0.29, 0.717) is 25.3 Å². The summed E-state index contributed by atoms with van der Waals surface area (Å²) < 4.78 is 3.00. The second-order valence-electron chi connectivity index (χ2n) is 6.23. The molecule has 2 aromatic heterocycles. The number of thiazole rings is 1. The molecule has 0 N–H and O–H groups in total. The molecule has 25 heavy (non-hydrogen) atoms. The van der Waals surface area contributed by atoms with Crippen molar-refractivity contribution >= 4 is 32.6 Å². The molecule has 7 heteroatoms. The molecule has 4 rings (SSSR count). The zero-order valence-electron chi connectivity index (χ0n) is 14.5. The van der Waals surface area contributed by atoms with Crippen LogP contribution in [0.1, 0.15) is 23.1 Å². The van der Waals surface area contributed by atoms with Gasteiger partial charge >= 0.3 is 0 Å². The molecule has 1 aromatic carbocycles. The van der Waals surface area contributed by atoms with Gasteiger partial charge in [0, 0.05) is 32.7 Å². The lowest BCUT2D eigenvalue weighted by molar-refractivity contribution is 0.0734. The molecule has 0 radical (unpaired) electrons. The minimum absolute atomic E-state index is 0.0754. The lowest BCUT2D eigenvalue weighted by Gasteiger charge is -2.34. The van der Waals surface area contributed by atoms with E-state index < -0.39 is 0 Å². The highest BCUT2D eigenvalue weighted by Crippen LogP contribution is 2.29. The molecule has 1 amide bonds. The van der Waals surface area contributed by atoms with Crippen LogP contribution in [-0.4, -0.2) is 51.8 Å². The van der Waals surface area contributed by atoms with Crippen molar-refractivity contribution in [2.24, 2.45) is 0 Å². The van der Waals surface area contributed by atoms with Crippen LogP contribution in [-0.2, 0) is 6.54 Å². The van der Waals surface area contributed by atoms with Gasteiger partial charge in [-0.1, -0.05) is 23.5 Å². The van der Waals surface area contributed by atoms with Crippen LogP contribution in [0.3, 0.4) is 0 Å². The predicted molar refractivity (Wildman–Crippen MR) is 100 cm³/mol. The molecule has 0 aliphatic carbocycles. The number of piperazine rings is 1. The Morgan fingerprint density at radius 2 is 1.96 bits per heavy atom. The molecule has 3 aromatic rings. The summed E-state index contributed by atoms with van der Waals surface area (Å²) in [5.74, 6) is 0.0754. The minimum atomic E-state index is 0.0754. The van der Waals surface area contributed by atoms with Crippen LogP contribution in [0.25, 0.3) is 10.2 Å². The Hall–Kier alpha value is -2.41. The predicted octanol–water partition coefficient (Wildman–Crippen LogP) is 2.78. The van der Waals surface area contributed by atoms with Gasteiger partial charge in [0.25, 0.3) is 5.91 Å². The molecule has 0 atom stereocenters. The fourth-order valence-corrected chi connectivity index (χ4v) is 4.23. The molecule has 3 heterocycles. The quantitative estimate of drug-likeness (QED) is 0.725. The second-order valence-corrected chi connectivity index (χ2v) is 7.24. The summed E-state index contributed by atoms with van der Waals surface area (Å²) >= 11 is 1.72. The number of aromatic nitrogens is 3. The number of anilines is 1. The lowest BCUT2D eigenvalue weighted by Crippen LogP contribution is -2.49. The Labute approximate surface area is 150 Å². The van der Waals surface area contributed by atoms with Crippen LogP contribution in [0, 0.1) is 6.92 Å². The number of hydrogen-bond acceptors (Lipinski definition) is 5. The number of carbonyl (C=O) groups is 1. The summed E-state index contributed by atoms with van der Waals surface area (Å²) in [4.78, 5) is 21.7.